The van der Waals surface area contributed by atoms with Gasteiger partial charge in [0, 0.05) is 0 Å². The van der Waals surface area contributed by atoms with Crippen LogP contribution >= 0.6 is 0 Å². The molecule has 0 amide bonds. The molecule has 128 valence electrons. The Hall–Kier alpha value is -0.630. The Morgan fingerprint density at radius 3 is 2.57 bits per heavy atom. The van der Waals surface area contributed by atoms with Gasteiger partial charge in [0.25, 0.3) is 0 Å². The molecule has 4 rings (SSSR count). The Morgan fingerprint density at radius 1 is 1.13 bits per heavy atom. The van der Waals surface area contributed by atoms with Gasteiger partial charge in [-0.2, -0.15) is 0 Å². The second-order valence-electron chi connectivity index (χ2n) is 9.16. The minimum atomic E-state index is -0.130. The predicted octanol–water partition coefficient (Wildman–Crippen LogP) is 5.55. The third-order valence-corrected chi connectivity index (χ3v) is 8.28. The maximum Gasteiger partial charge on any atom is 0.0966 e. The van der Waals surface area contributed by atoms with E-state index in [4.69, 9.17) is 0 Å². The first-order chi connectivity index (χ1) is 10.9. The smallest absolute Gasteiger partial charge is 0.0966 e. The Balaban J connectivity index is 1.69. The van der Waals surface area contributed by atoms with Gasteiger partial charge in [-0.1, -0.05) is 25.5 Å². The summed E-state index contributed by atoms with van der Waals surface area (Å²) in [6.45, 7) is 6.46. The highest BCUT2D eigenvalue weighted by Crippen LogP contribution is 2.66. The maximum atomic E-state index is 14.1. The summed E-state index contributed by atoms with van der Waals surface area (Å²) >= 11 is 0. The average Bonchev–Trinajstić information content (AvgIpc) is 2.85. The molecule has 0 aromatic rings. The van der Waals surface area contributed by atoms with Gasteiger partial charge in [-0.05, 0) is 92.4 Å². The molecular formula is C21H31FO. The highest BCUT2D eigenvalue weighted by atomic mass is 19.1. The van der Waals surface area contributed by atoms with E-state index < -0.39 is 0 Å². The molecule has 0 aliphatic heterocycles. The lowest BCUT2D eigenvalue weighted by Crippen LogP contribution is -2.49. The van der Waals surface area contributed by atoms with Crippen LogP contribution in [-0.2, 0) is 0 Å². The summed E-state index contributed by atoms with van der Waals surface area (Å²) < 4.78 is 14.1. The molecular weight excluding hydrogens is 287 g/mol. The zero-order valence-electron chi connectivity index (χ0n) is 14.9. The fourth-order valence-corrected chi connectivity index (χ4v) is 7.02. The lowest BCUT2D eigenvalue weighted by molar-refractivity contribution is -0.0272. The van der Waals surface area contributed by atoms with E-state index >= 15 is 0 Å². The Bertz CT molecular complexity index is 572. The Morgan fingerprint density at radius 2 is 1.83 bits per heavy atom. The van der Waals surface area contributed by atoms with Crippen molar-refractivity contribution in [1.29, 1.82) is 0 Å². The largest absolute Gasteiger partial charge is 0.393 e. The van der Waals surface area contributed by atoms with E-state index in [2.05, 4.69) is 19.9 Å². The first-order valence-corrected chi connectivity index (χ1v) is 9.59. The van der Waals surface area contributed by atoms with Gasteiger partial charge in [-0.25, -0.2) is 4.39 Å². The van der Waals surface area contributed by atoms with Crippen LogP contribution < -0.4 is 0 Å². The number of rotatable bonds is 0. The van der Waals surface area contributed by atoms with Gasteiger partial charge in [0.15, 0.2) is 0 Å². The highest BCUT2D eigenvalue weighted by molar-refractivity contribution is 5.30. The van der Waals surface area contributed by atoms with Crippen molar-refractivity contribution in [2.45, 2.75) is 78.2 Å². The molecule has 1 unspecified atom stereocenters. The van der Waals surface area contributed by atoms with Crippen molar-refractivity contribution in [3.05, 3.63) is 23.0 Å². The zero-order valence-corrected chi connectivity index (χ0v) is 14.9. The van der Waals surface area contributed by atoms with E-state index in [9.17, 15) is 9.50 Å². The predicted molar refractivity (Wildman–Crippen MR) is 91.5 cm³/mol. The zero-order chi connectivity index (χ0) is 16.4. The fraction of sp³-hybridized carbons (Fsp3) is 0.810. The van der Waals surface area contributed by atoms with Crippen molar-refractivity contribution >= 4 is 0 Å². The molecule has 1 N–H and O–H groups in total. The first kappa shape index (κ1) is 15.9. The normalized spacial score (nSPS) is 51.4. The highest BCUT2D eigenvalue weighted by Gasteiger charge is 2.57. The third kappa shape index (κ3) is 2.13. The van der Waals surface area contributed by atoms with Crippen LogP contribution in [0.5, 0.6) is 0 Å². The van der Waals surface area contributed by atoms with Gasteiger partial charge < -0.3 is 5.11 Å². The van der Waals surface area contributed by atoms with Crippen molar-refractivity contribution in [1.82, 2.24) is 0 Å². The van der Waals surface area contributed by atoms with Crippen molar-refractivity contribution < 1.29 is 9.50 Å². The molecule has 23 heavy (non-hydrogen) atoms. The molecule has 6 atom stereocenters. The maximum absolute atomic E-state index is 14.1. The summed E-state index contributed by atoms with van der Waals surface area (Å²) in [5.74, 6) is 2.21. The van der Waals surface area contributed by atoms with E-state index in [1.165, 1.54) is 18.4 Å². The molecule has 3 fully saturated rings. The SMILES string of the molecule is CC(F)=C1CC[C@H]2[C@@H]3CC=C4CC(O)CC[C@]4(C)[C@H]3CC[C@]12C. The van der Waals surface area contributed by atoms with E-state index in [-0.39, 0.29) is 17.3 Å². The summed E-state index contributed by atoms with van der Waals surface area (Å²) in [5, 5.41) is 10.1. The summed E-state index contributed by atoms with van der Waals surface area (Å²) in [6.07, 6.45) is 11.0. The summed E-state index contributed by atoms with van der Waals surface area (Å²) in [7, 11) is 0. The monoisotopic (exact) mass is 318 g/mol. The average molecular weight is 318 g/mol. The lowest BCUT2D eigenvalue weighted by atomic mass is 9.48. The van der Waals surface area contributed by atoms with Crippen LogP contribution in [0.3, 0.4) is 0 Å². The fourth-order valence-electron chi connectivity index (χ4n) is 7.02. The van der Waals surface area contributed by atoms with Gasteiger partial charge in [0.05, 0.1) is 11.9 Å². The quantitative estimate of drug-likeness (QED) is 0.580. The van der Waals surface area contributed by atoms with Crippen LogP contribution in [0.15, 0.2) is 23.0 Å². The van der Waals surface area contributed by atoms with Gasteiger partial charge in [-0.15, -0.1) is 0 Å². The molecule has 0 saturated heterocycles. The van der Waals surface area contributed by atoms with Crippen LogP contribution in [0, 0.1) is 28.6 Å². The van der Waals surface area contributed by atoms with Crippen molar-refractivity contribution in [3.8, 4) is 0 Å². The van der Waals surface area contributed by atoms with Crippen molar-refractivity contribution in [2.75, 3.05) is 0 Å². The molecule has 1 nitrogen and oxygen atoms in total. The van der Waals surface area contributed by atoms with E-state index in [0.29, 0.717) is 11.3 Å². The number of fused-ring (bicyclic) bond motifs is 5. The van der Waals surface area contributed by atoms with Crippen LogP contribution in [-0.4, -0.2) is 11.2 Å². The molecule has 4 aliphatic rings. The molecule has 0 aromatic carbocycles. The second-order valence-corrected chi connectivity index (χ2v) is 9.16. The van der Waals surface area contributed by atoms with Crippen LogP contribution in [0.1, 0.15) is 72.1 Å². The molecule has 3 saturated carbocycles. The minimum absolute atomic E-state index is 0.0903. The number of halogens is 1. The summed E-state index contributed by atoms with van der Waals surface area (Å²) in [5.41, 5.74) is 3.05. The van der Waals surface area contributed by atoms with Gasteiger partial charge in [-0.3, -0.25) is 0 Å². The Labute approximate surface area is 140 Å². The molecule has 0 spiro atoms. The van der Waals surface area contributed by atoms with Gasteiger partial charge >= 0.3 is 0 Å². The van der Waals surface area contributed by atoms with Crippen LogP contribution in [0.25, 0.3) is 0 Å². The Kier molecular flexibility index (Phi) is 3.58. The standard InChI is InChI=1S/C21H31FO/c1-13(22)17-6-7-18-16-5-4-14-12-15(23)8-10-20(14,2)19(16)9-11-21(17,18)3/h4,15-16,18-19,23H,5-12H2,1-3H3/t15?,16-,18-,19-,20-,21+/m0/s1. The van der Waals surface area contributed by atoms with Gasteiger partial charge in [0.1, 0.15) is 0 Å². The molecule has 2 heteroatoms. The minimum Gasteiger partial charge on any atom is -0.393 e. The van der Waals surface area contributed by atoms with Crippen LogP contribution in [0.2, 0.25) is 0 Å². The summed E-state index contributed by atoms with van der Waals surface area (Å²) in [4.78, 5) is 0. The molecule has 0 heterocycles. The second kappa shape index (κ2) is 5.18. The first-order valence-electron chi connectivity index (χ1n) is 9.59. The van der Waals surface area contributed by atoms with Gasteiger partial charge in [0.2, 0.25) is 0 Å². The number of allylic oxidation sites excluding steroid dienone is 3. The summed E-state index contributed by atoms with van der Waals surface area (Å²) in [6, 6.07) is 0. The molecule has 0 radical (unpaired) electrons. The number of hydrogen-bond acceptors (Lipinski definition) is 1. The van der Waals surface area contributed by atoms with Crippen molar-refractivity contribution in [2.24, 2.45) is 28.6 Å². The number of hydrogen-bond donors (Lipinski definition) is 1. The lowest BCUT2D eigenvalue weighted by Gasteiger charge is -2.57. The van der Waals surface area contributed by atoms with E-state index in [1.807, 2.05) is 0 Å². The third-order valence-electron chi connectivity index (χ3n) is 8.28. The molecule has 4 aliphatic carbocycles. The van der Waals surface area contributed by atoms with E-state index in [0.717, 1.165) is 55.9 Å². The van der Waals surface area contributed by atoms with E-state index in [1.54, 1.807) is 6.92 Å². The number of aliphatic hydroxyl groups excluding tert-OH is 1. The van der Waals surface area contributed by atoms with Crippen molar-refractivity contribution in [3.63, 3.8) is 0 Å². The topological polar surface area (TPSA) is 20.2 Å². The van der Waals surface area contributed by atoms with Crippen LogP contribution in [0.4, 0.5) is 4.39 Å². The molecule has 0 aromatic heterocycles. The number of aliphatic hydroxyl groups is 1. The molecule has 0 bridgehead atoms.